The Hall–Kier alpha value is -2.22. The number of ether oxygens (including phenoxy) is 2. The molecule has 7 nitrogen and oxygen atoms in total. The van der Waals surface area contributed by atoms with Crippen LogP contribution in [0, 0.1) is 3.57 Å². The molecule has 0 atom stereocenters. The minimum atomic E-state index is -0.667. The Morgan fingerprint density at radius 3 is 2.53 bits per heavy atom. The summed E-state index contributed by atoms with van der Waals surface area (Å²) in [5.41, 5.74) is 4.51. The van der Waals surface area contributed by atoms with Crippen molar-refractivity contribution in [3.05, 3.63) is 89.3 Å². The minimum Gasteiger partial charge on any atom is -0.493 e. The number of carbonyl (C=O) groups is 2. The monoisotopic (exact) mass is 719 g/mol. The van der Waals surface area contributed by atoms with Crippen molar-refractivity contribution in [1.82, 2.24) is 10.4 Å². The van der Waals surface area contributed by atoms with Crippen LogP contribution in [0.25, 0.3) is 6.08 Å². The molecular formula is C25H17Cl3IN3O4S2. The molecule has 0 spiro atoms. The van der Waals surface area contributed by atoms with Gasteiger partial charge in [-0.05, 0) is 94.5 Å². The van der Waals surface area contributed by atoms with E-state index in [1.807, 2.05) is 18.2 Å². The second kappa shape index (κ2) is 12.8. The van der Waals surface area contributed by atoms with E-state index in [9.17, 15) is 9.59 Å². The van der Waals surface area contributed by atoms with Crippen molar-refractivity contribution in [1.29, 1.82) is 0 Å². The third-order valence-electron chi connectivity index (χ3n) is 5.03. The molecule has 0 unspecified atom stereocenters. The average molecular weight is 721 g/mol. The average Bonchev–Trinajstić information content (AvgIpc) is 3.13. The first-order chi connectivity index (χ1) is 18.1. The lowest BCUT2D eigenvalue weighted by atomic mass is 10.2. The van der Waals surface area contributed by atoms with Gasteiger partial charge in [-0.25, -0.2) is 10.2 Å². The van der Waals surface area contributed by atoms with Crippen LogP contribution in [-0.4, -0.2) is 28.4 Å². The molecule has 1 fully saturated rings. The Morgan fingerprint density at radius 2 is 1.84 bits per heavy atom. The van der Waals surface area contributed by atoms with Crippen molar-refractivity contribution in [2.24, 2.45) is 0 Å². The topological polar surface area (TPSA) is 79.9 Å². The van der Waals surface area contributed by atoms with E-state index in [4.69, 9.17) is 56.5 Å². The summed E-state index contributed by atoms with van der Waals surface area (Å²) in [6, 6.07) is 14.9. The van der Waals surface area contributed by atoms with E-state index in [1.54, 1.807) is 43.5 Å². The normalized spacial score (nSPS) is 14.1. The van der Waals surface area contributed by atoms with Crippen molar-refractivity contribution in [2.75, 3.05) is 12.4 Å². The van der Waals surface area contributed by atoms with Gasteiger partial charge in [0.2, 0.25) is 0 Å². The summed E-state index contributed by atoms with van der Waals surface area (Å²) >= 11 is 26.3. The number of thiocarbonyl (C=S) groups is 1. The second-order valence-corrected chi connectivity index (χ2v) is 11.7. The van der Waals surface area contributed by atoms with Crippen LogP contribution in [0.5, 0.6) is 11.5 Å². The summed E-state index contributed by atoms with van der Waals surface area (Å²) in [6.45, 7) is 0.331. The fourth-order valence-corrected chi connectivity index (χ4v) is 5.63. The number of amides is 3. The van der Waals surface area contributed by atoms with E-state index < -0.39 is 11.9 Å². The van der Waals surface area contributed by atoms with Crippen LogP contribution in [0.15, 0.2) is 59.5 Å². The molecule has 0 saturated carbocycles. The zero-order chi connectivity index (χ0) is 27.4. The molecular weight excluding hydrogens is 704 g/mol. The maximum absolute atomic E-state index is 13.0. The zero-order valence-corrected chi connectivity index (χ0v) is 25.4. The van der Waals surface area contributed by atoms with Gasteiger partial charge in [0.15, 0.2) is 15.8 Å². The molecule has 0 aromatic heterocycles. The third-order valence-corrected chi connectivity index (χ3v) is 8.12. The molecule has 1 saturated heterocycles. The quantitative estimate of drug-likeness (QED) is 0.148. The predicted octanol–water partition coefficient (Wildman–Crippen LogP) is 7.78. The highest BCUT2D eigenvalue weighted by atomic mass is 127. The Labute approximate surface area is 256 Å². The van der Waals surface area contributed by atoms with Crippen LogP contribution in [-0.2, 0) is 11.4 Å². The molecule has 0 bridgehead atoms. The minimum absolute atomic E-state index is 0.176. The Morgan fingerprint density at radius 1 is 1.11 bits per heavy atom. The number of benzene rings is 3. The highest BCUT2D eigenvalue weighted by Crippen LogP contribution is 2.37. The third kappa shape index (κ3) is 7.04. The number of thioether (sulfide) groups is 1. The summed E-state index contributed by atoms with van der Waals surface area (Å²) < 4.78 is 12.5. The van der Waals surface area contributed by atoms with E-state index in [0.717, 1.165) is 25.9 Å². The Bertz CT molecular complexity index is 1450. The second-order valence-electron chi connectivity index (χ2n) is 7.66. The molecule has 196 valence electrons. The summed E-state index contributed by atoms with van der Waals surface area (Å²) in [5.74, 6) is 0.612. The summed E-state index contributed by atoms with van der Waals surface area (Å²) in [5, 5.41) is 4.88. The van der Waals surface area contributed by atoms with E-state index in [1.165, 1.54) is 6.07 Å². The molecule has 13 heteroatoms. The molecule has 38 heavy (non-hydrogen) atoms. The van der Waals surface area contributed by atoms with Crippen LogP contribution >= 0.6 is 81.4 Å². The summed E-state index contributed by atoms with van der Waals surface area (Å²) in [7, 11) is 1.54. The molecule has 0 radical (unpaired) electrons. The Kier molecular flexibility index (Phi) is 9.66. The highest BCUT2D eigenvalue weighted by Gasteiger charge is 2.33. The number of hydrogen-bond donors (Lipinski definition) is 2. The van der Waals surface area contributed by atoms with Crippen LogP contribution in [0.2, 0.25) is 15.1 Å². The molecule has 3 aromatic rings. The number of nitrogens with one attached hydrogen (secondary N) is 2. The largest absolute Gasteiger partial charge is 0.493 e. The van der Waals surface area contributed by atoms with Gasteiger partial charge in [0.05, 0.1) is 25.6 Å². The highest BCUT2D eigenvalue weighted by molar-refractivity contribution is 14.1. The number of hydrogen-bond acceptors (Lipinski definition) is 6. The van der Waals surface area contributed by atoms with Gasteiger partial charge in [0.25, 0.3) is 5.91 Å². The van der Waals surface area contributed by atoms with Crippen molar-refractivity contribution in [3.8, 4) is 11.5 Å². The van der Waals surface area contributed by atoms with Crippen molar-refractivity contribution < 1.29 is 19.1 Å². The van der Waals surface area contributed by atoms with Gasteiger partial charge in [-0.2, -0.15) is 5.01 Å². The van der Waals surface area contributed by atoms with Gasteiger partial charge >= 0.3 is 6.03 Å². The van der Waals surface area contributed by atoms with Gasteiger partial charge in [-0.3, -0.25) is 4.79 Å². The van der Waals surface area contributed by atoms with Crippen LogP contribution in [0.1, 0.15) is 11.1 Å². The maximum atomic E-state index is 13.0. The Balaban J connectivity index is 1.46. The maximum Gasteiger partial charge on any atom is 0.338 e. The van der Waals surface area contributed by atoms with E-state index in [2.05, 4.69) is 33.3 Å². The van der Waals surface area contributed by atoms with Gasteiger partial charge in [0.1, 0.15) is 6.61 Å². The number of halogens is 4. The summed E-state index contributed by atoms with van der Waals surface area (Å²) in [4.78, 5) is 25.8. The number of nitrogens with zero attached hydrogens (tertiary/aromatic N) is 1. The molecule has 3 aromatic carbocycles. The van der Waals surface area contributed by atoms with Crippen LogP contribution < -0.4 is 20.2 Å². The molecule has 0 aliphatic carbocycles. The molecule has 1 aliphatic heterocycles. The smallest absolute Gasteiger partial charge is 0.338 e. The lowest BCUT2D eigenvalue weighted by Crippen LogP contribution is -2.46. The molecule has 1 heterocycles. The summed E-state index contributed by atoms with van der Waals surface area (Å²) in [6.07, 6.45) is 1.67. The molecule has 3 amide bonds. The van der Waals surface area contributed by atoms with Gasteiger partial charge < -0.3 is 14.8 Å². The van der Waals surface area contributed by atoms with Crippen molar-refractivity contribution in [3.63, 3.8) is 0 Å². The number of carbonyl (C=O) groups excluding carboxylic acids is 2. The molecule has 1 aliphatic rings. The first-order valence-corrected chi connectivity index (χ1v) is 14.1. The first kappa shape index (κ1) is 28.8. The van der Waals surface area contributed by atoms with E-state index in [0.29, 0.717) is 44.3 Å². The standard InChI is InChI=1S/C25H17Cl3IN3O4S2/c1-35-20-9-14(8-19(29)22(20)36-12-13-2-4-15(26)5-3-13)10-21-23(33)32(25(37)38-21)31-24(34)30-16-6-7-17(27)18(28)11-16/h2-11H,12H2,1H3,(H2,30,31,34)/b21-10+. The fourth-order valence-electron chi connectivity index (χ4n) is 3.25. The van der Waals surface area contributed by atoms with Gasteiger partial charge in [0, 0.05) is 10.7 Å². The number of urea groups is 1. The zero-order valence-electron chi connectivity index (χ0n) is 19.4. The predicted molar refractivity (Wildman–Crippen MR) is 165 cm³/mol. The first-order valence-electron chi connectivity index (χ1n) is 10.7. The lowest BCUT2D eigenvalue weighted by Gasteiger charge is -2.16. The van der Waals surface area contributed by atoms with Gasteiger partial charge in [-0.1, -0.05) is 58.7 Å². The number of hydrazine groups is 1. The van der Waals surface area contributed by atoms with Crippen LogP contribution in [0.4, 0.5) is 10.5 Å². The van der Waals surface area contributed by atoms with Crippen LogP contribution in [0.3, 0.4) is 0 Å². The number of methoxy groups -OCH3 is 1. The van der Waals surface area contributed by atoms with Gasteiger partial charge in [-0.15, -0.1) is 0 Å². The van der Waals surface area contributed by atoms with Crippen molar-refractivity contribution in [2.45, 2.75) is 6.61 Å². The van der Waals surface area contributed by atoms with Crippen molar-refractivity contribution >= 4 is 109 Å². The van der Waals surface area contributed by atoms with E-state index >= 15 is 0 Å². The molecule has 4 rings (SSSR count). The number of anilines is 1. The molecule has 2 N–H and O–H groups in total. The van der Waals surface area contributed by atoms with E-state index in [-0.39, 0.29) is 9.34 Å². The lowest BCUT2D eigenvalue weighted by molar-refractivity contribution is -0.123. The number of rotatable bonds is 7. The fraction of sp³-hybridized carbons (Fsp3) is 0.0800. The SMILES string of the molecule is COc1cc(/C=C2/SC(=S)N(NC(=O)Nc3ccc(Cl)c(Cl)c3)C2=O)cc(I)c1OCc1ccc(Cl)cc1.